The van der Waals surface area contributed by atoms with Gasteiger partial charge in [0, 0.05) is 32.2 Å². The Labute approximate surface area is 164 Å². The molecule has 6 nitrogen and oxygen atoms in total. The zero-order valence-corrected chi connectivity index (χ0v) is 15.9. The molecule has 2 aromatic rings. The molecule has 0 aliphatic carbocycles. The van der Waals surface area contributed by atoms with Crippen molar-refractivity contribution >= 4 is 5.97 Å². The molecule has 1 unspecified atom stereocenters. The van der Waals surface area contributed by atoms with Crippen molar-refractivity contribution in [2.75, 3.05) is 39.8 Å². The zero-order chi connectivity index (χ0) is 19.9. The van der Waals surface area contributed by atoms with Crippen molar-refractivity contribution in [2.24, 2.45) is 0 Å². The van der Waals surface area contributed by atoms with E-state index in [1.54, 1.807) is 24.1 Å². The van der Waals surface area contributed by atoms with Gasteiger partial charge in [0.25, 0.3) is 0 Å². The van der Waals surface area contributed by atoms with E-state index in [1.165, 1.54) is 12.1 Å². The predicted octanol–water partition coefficient (Wildman–Crippen LogP) is 2.84. The number of rotatable bonds is 8. The van der Waals surface area contributed by atoms with E-state index < -0.39 is 5.97 Å². The van der Waals surface area contributed by atoms with Crippen molar-refractivity contribution in [3.8, 4) is 11.5 Å². The summed E-state index contributed by atoms with van der Waals surface area (Å²) in [6.07, 6.45) is -0.00585. The second-order valence-electron chi connectivity index (χ2n) is 7.02. The van der Waals surface area contributed by atoms with Crippen LogP contribution in [0.15, 0.2) is 48.5 Å². The third-order valence-electron chi connectivity index (χ3n) is 4.50. The summed E-state index contributed by atoms with van der Waals surface area (Å²) in [5.41, 5.74) is 1.14. The van der Waals surface area contributed by atoms with Gasteiger partial charge in [-0.1, -0.05) is 18.2 Å². The lowest BCUT2D eigenvalue weighted by Crippen LogP contribution is -2.47. The number of ether oxygens (including phenoxy) is 2. The van der Waals surface area contributed by atoms with E-state index in [0.29, 0.717) is 24.7 Å². The number of aliphatic carboxylic acids is 1. The van der Waals surface area contributed by atoms with Gasteiger partial charge in [-0.2, -0.15) is 0 Å². The molecule has 0 saturated carbocycles. The Bertz CT molecular complexity index is 784. The highest BCUT2D eigenvalue weighted by molar-refractivity contribution is 5.69. The minimum atomic E-state index is -0.837. The Morgan fingerprint density at radius 1 is 1.29 bits per heavy atom. The summed E-state index contributed by atoms with van der Waals surface area (Å²) in [4.78, 5) is 14.9. The van der Waals surface area contributed by atoms with Crippen molar-refractivity contribution in [1.29, 1.82) is 0 Å². The van der Waals surface area contributed by atoms with E-state index in [9.17, 15) is 9.18 Å². The van der Waals surface area contributed by atoms with Crippen LogP contribution in [0.5, 0.6) is 11.5 Å². The molecule has 28 heavy (non-hydrogen) atoms. The molecule has 0 spiro atoms. The Morgan fingerprint density at radius 2 is 2.07 bits per heavy atom. The molecule has 1 aliphatic rings. The van der Waals surface area contributed by atoms with Gasteiger partial charge >= 0.3 is 5.97 Å². The minimum Gasteiger partial charge on any atom is -0.480 e. The highest BCUT2D eigenvalue weighted by Gasteiger charge is 2.22. The van der Waals surface area contributed by atoms with Gasteiger partial charge in [-0.3, -0.25) is 14.6 Å². The minimum absolute atomic E-state index is 0.00585. The summed E-state index contributed by atoms with van der Waals surface area (Å²) < 4.78 is 24.7. The lowest BCUT2D eigenvalue weighted by atomic mass is 10.1. The highest BCUT2D eigenvalue weighted by Crippen LogP contribution is 2.23. The molecule has 150 valence electrons. The largest absolute Gasteiger partial charge is 0.480 e. The number of nitrogens with zero attached hydrogens (tertiary/aromatic N) is 2. The Balaban J connectivity index is 1.51. The molecule has 1 atom stereocenters. The van der Waals surface area contributed by atoms with Crippen molar-refractivity contribution in [1.82, 2.24) is 9.80 Å². The van der Waals surface area contributed by atoms with Crippen LogP contribution in [0.2, 0.25) is 0 Å². The van der Waals surface area contributed by atoms with E-state index in [2.05, 4.69) is 4.90 Å². The fourth-order valence-electron chi connectivity index (χ4n) is 3.27. The molecular weight excluding hydrogens is 363 g/mol. The third kappa shape index (κ3) is 6.30. The Kier molecular flexibility index (Phi) is 6.97. The fourth-order valence-corrected chi connectivity index (χ4v) is 3.27. The van der Waals surface area contributed by atoms with Crippen LogP contribution in [-0.2, 0) is 16.1 Å². The van der Waals surface area contributed by atoms with Gasteiger partial charge in [0.2, 0.25) is 0 Å². The number of benzene rings is 2. The zero-order valence-electron chi connectivity index (χ0n) is 15.9. The SMILES string of the molecule is CN(CC(=O)O)CC1CN(Cc2ccc(Oc3cccc(F)c3)cc2)CCO1. The van der Waals surface area contributed by atoms with Crippen LogP contribution in [0.4, 0.5) is 4.39 Å². The summed E-state index contributed by atoms with van der Waals surface area (Å²) in [6.45, 7) is 3.59. The number of likely N-dealkylation sites (N-methyl/N-ethyl adjacent to an activating group) is 1. The molecule has 2 aromatic carbocycles. The van der Waals surface area contributed by atoms with Gasteiger partial charge in [0.05, 0.1) is 19.3 Å². The van der Waals surface area contributed by atoms with E-state index in [1.807, 2.05) is 24.3 Å². The van der Waals surface area contributed by atoms with Crippen LogP contribution in [0, 0.1) is 5.82 Å². The third-order valence-corrected chi connectivity index (χ3v) is 4.50. The van der Waals surface area contributed by atoms with E-state index in [4.69, 9.17) is 14.6 Å². The molecule has 1 aliphatic heterocycles. The topological polar surface area (TPSA) is 62.2 Å². The molecule has 3 rings (SSSR count). The van der Waals surface area contributed by atoms with Gasteiger partial charge in [0.15, 0.2) is 0 Å². The van der Waals surface area contributed by atoms with Crippen LogP contribution in [0.3, 0.4) is 0 Å². The molecule has 1 heterocycles. The molecule has 0 radical (unpaired) electrons. The summed E-state index contributed by atoms with van der Waals surface area (Å²) in [6, 6.07) is 13.8. The molecule has 0 aromatic heterocycles. The van der Waals surface area contributed by atoms with Crippen LogP contribution in [0.1, 0.15) is 5.56 Å². The maximum absolute atomic E-state index is 13.2. The fraction of sp³-hybridized carbons (Fsp3) is 0.381. The second kappa shape index (κ2) is 9.64. The van der Waals surface area contributed by atoms with Crippen molar-refractivity contribution in [3.05, 3.63) is 59.9 Å². The average Bonchev–Trinajstić information content (AvgIpc) is 2.63. The summed E-state index contributed by atoms with van der Waals surface area (Å²) in [5, 5.41) is 8.87. The van der Waals surface area contributed by atoms with E-state index >= 15 is 0 Å². The Hall–Kier alpha value is -2.48. The molecule has 1 N–H and O–H groups in total. The summed E-state index contributed by atoms with van der Waals surface area (Å²) in [5.74, 6) is -0.0422. The second-order valence-corrected chi connectivity index (χ2v) is 7.02. The number of carboxylic acids is 1. The van der Waals surface area contributed by atoms with Gasteiger partial charge in [-0.05, 0) is 36.9 Å². The predicted molar refractivity (Wildman–Crippen MR) is 103 cm³/mol. The number of carboxylic acid groups (broad SMARTS) is 1. The average molecular weight is 388 g/mol. The quantitative estimate of drug-likeness (QED) is 0.750. The number of hydrogen-bond acceptors (Lipinski definition) is 5. The number of halogens is 1. The smallest absolute Gasteiger partial charge is 0.317 e. The van der Waals surface area contributed by atoms with Crippen molar-refractivity contribution < 1.29 is 23.8 Å². The normalized spacial score (nSPS) is 17.6. The molecule has 1 saturated heterocycles. The van der Waals surface area contributed by atoms with Gasteiger partial charge in [0.1, 0.15) is 17.3 Å². The first-order valence-electron chi connectivity index (χ1n) is 9.24. The van der Waals surface area contributed by atoms with Gasteiger partial charge in [-0.15, -0.1) is 0 Å². The maximum atomic E-state index is 13.2. The van der Waals surface area contributed by atoms with Crippen molar-refractivity contribution in [3.63, 3.8) is 0 Å². The monoisotopic (exact) mass is 388 g/mol. The summed E-state index contributed by atoms with van der Waals surface area (Å²) in [7, 11) is 1.79. The number of hydrogen-bond donors (Lipinski definition) is 1. The number of morpholine rings is 1. The van der Waals surface area contributed by atoms with Crippen LogP contribution < -0.4 is 4.74 Å². The van der Waals surface area contributed by atoms with Crippen LogP contribution in [-0.4, -0.2) is 66.8 Å². The summed E-state index contributed by atoms with van der Waals surface area (Å²) >= 11 is 0. The van der Waals surface area contributed by atoms with Gasteiger partial charge in [-0.25, -0.2) is 4.39 Å². The first-order valence-corrected chi connectivity index (χ1v) is 9.24. The lowest BCUT2D eigenvalue weighted by Gasteiger charge is -2.34. The molecule has 1 fully saturated rings. The van der Waals surface area contributed by atoms with Crippen molar-refractivity contribution in [2.45, 2.75) is 12.6 Å². The lowest BCUT2D eigenvalue weighted by molar-refractivity contribution is -0.138. The molecule has 0 bridgehead atoms. The first-order chi connectivity index (χ1) is 13.5. The molecular formula is C21H25FN2O4. The Morgan fingerprint density at radius 3 is 2.79 bits per heavy atom. The van der Waals surface area contributed by atoms with Crippen LogP contribution >= 0.6 is 0 Å². The van der Waals surface area contributed by atoms with Gasteiger partial charge < -0.3 is 14.6 Å². The highest BCUT2D eigenvalue weighted by atomic mass is 19.1. The number of carbonyl (C=O) groups is 1. The first kappa shape index (κ1) is 20.3. The maximum Gasteiger partial charge on any atom is 0.317 e. The van der Waals surface area contributed by atoms with Crippen LogP contribution in [0.25, 0.3) is 0 Å². The van der Waals surface area contributed by atoms with E-state index in [0.717, 1.165) is 25.2 Å². The molecule has 7 heteroatoms. The standard InChI is InChI=1S/C21H25FN2O4/c1-23(15-21(25)26)13-20-14-24(9-10-27-20)12-16-5-7-18(8-6-16)28-19-4-2-3-17(22)11-19/h2-8,11,20H,9-10,12-15H2,1H3,(H,25,26). The molecule has 0 amide bonds. The van der Waals surface area contributed by atoms with E-state index in [-0.39, 0.29) is 18.5 Å².